The van der Waals surface area contributed by atoms with E-state index in [4.69, 9.17) is 0 Å². The van der Waals surface area contributed by atoms with Gasteiger partial charge in [-0.15, -0.1) is 0 Å². The van der Waals surface area contributed by atoms with Gasteiger partial charge >= 0.3 is 0 Å². The van der Waals surface area contributed by atoms with Crippen molar-refractivity contribution in [1.82, 2.24) is 15.0 Å². The Labute approximate surface area is 142 Å². The first-order valence-electron chi connectivity index (χ1n) is 8.04. The number of hydrogen-bond acceptors (Lipinski definition) is 5. The van der Waals surface area contributed by atoms with Gasteiger partial charge in [0.2, 0.25) is 0 Å². The maximum Gasteiger partial charge on any atom is 0.163 e. The predicted molar refractivity (Wildman–Crippen MR) is 97.8 cm³/mol. The highest BCUT2D eigenvalue weighted by Gasteiger charge is 2.08. The Hall–Kier alpha value is -2.95. The number of nitrogens with one attached hydrogen (secondary N) is 2. The SMILES string of the molecule is CC(C)Nc1cc(NCc2ccncc2)nc(-c2ccccc2)n1. The van der Waals surface area contributed by atoms with E-state index >= 15 is 0 Å². The van der Waals surface area contributed by atoms with Crippen molar-refractivity contribution in [2.24, 2.45) is 0 Å². The summed E-state index contributed by atoms with van der Waals surface area (Å²) < 4.78 is 0. The molecule has 3 rings (SSSR count). The Bertz CT molecular complexity index is 772. The van der Waals surface area contributed by atoms with Crippen molar-refractivity contribution in [3.8, 4) is 11.4 Å². The molecule has 5 heteroatoms. The summed E-state index contributed by atoms with van der Waals surface area (Å²) in [6.07, 6.45) is 3.58. The van der Waals surface area contributed by atoms with Crippen LogP contribution in [0.2, 0.25) is 0 Å². The molecule has 0 fully saturated rings. The highest BCUT2D eigenvalue weighted by Crippen LogP contribution is 2.21. The molecule has 5 nitrogen and oxygen atoms in total. The predicted octanol–water partition coefficient (Wildman–Crippen LogP) is 3.97. The molecule has 2 heterocycles. The normalized spacial score (nSPS) is 10.6. The zero-order valence-corrected chi connectivity index (χ0v) is 13.9. The molecular formula is C19H21N5. The van der Waals surface area contributed by atoms with E-state index in [1.54, 1.807) is 12.4 Å². The van der Waals surface area contributed by atoms with Gasteiger partial charge in [0, 0.05) is 36.6 Å². The molecule has 0 atom stereocenters. The topological polar surface area (TPSA) is 62.7 Å². The van der Waals surface area contributed by atoms with Crippen LogP contribution in [0, 0.1) is 0 Å². The highest BCUT2D eigenvalue weighted by molar-refractivity contribution is 5.61. The van der Waals surface area contributed by atoms with Gasteiger partial charge in [0.1, 0.15) is 11.6 Å². The number of anilines is 2. The molecule has 0 spiro atoms. The van der Waals surface area contributed by atoms with Gasteiger partial charge in [-0.2, -0.15) is 0 Å². The van der Waals surface area contributed by atoms with E-state index < -0.39 is 0 Å². The Morgan fingerprint density at radius 1 is 0.917 bits per heavy atom. The Morgan fingerprint density at radius 2 is 1.62 bits per heavy atom. The van der Waals surface area contributed by atoms with Crippen LogP contribution in [-0.2, 0) is 6.54 Å². The minimum atomic E-state index is 0.302. The minimum Gasteiger partial charge on any atom is -0.368 e. The lowest BCUT2D eigenvalue weighted by Gasteiger charge is -2.13. The quantitative estimate of drug-likeness (QED) is 0.720. The second-order valence-corrected chi connectivity index (χ2v) is 5.84. The second kappa shape index (κ2) is 7.55. The van der Waals surface area contributed by atoms with E-state index in [1.165, 1.54) is 0 Å². The molecular weight excluding hydrogens is 298 g/mol. The lowest BCUT2D eigenvalue weighted by molar-refractivity contribution is 0.887. The lowest BCUT2D eigenvalue weighted by atomic mass is 10.2. The molecule has 0 aliphatic rings. The molecule has 0 radical (unpaired) electrons. The summed E-state index contributed by atoms with van der Waals surface area (Å²) >= 11 is 0. The molecule has 1 aromatic carbocycles. The van der Waals surface area contributed by atoms with Crippen LogP contribution in [0.3, 0.4) is 0 Å². The standard InChI is InChI=1S/C19H21N5/c1-14(2)22-18-12-17(21-13-15-8-10-20-11-9-15)23-19(24-18)16-6-4-3-5-7-16/h3-12,14H,13H2,1-2H3,(H2,21,22,23,24). The van der Waals surface area contributed by atoms with Gasteiger partial charge in [-0.05, 0) is 31.5 Å². The van der Waals surface area contributed by atoms with Crippen LogP contribution in [0.5, 0.6) is 0 Å². The van der Waals surface area contributed by atoms with Crippen molar-refractivity contribution < 1.29 is 0 Å². The van der Waals surface area contributed by atoms with Crippen molar-refractivity contribution in [2.75, 3.05) is 10.6 Å². The molecule has 24 heavy (non-hydrogen) atoms. The second-order valence-electron chi connectivity index (χ2n) is 5.84. The fourth-order valence-electron chi connectivity index (χ4n) is 2.32. The summed E-state index contributed by atoms with van der Waals surface area (Å²) in [5, 5.41) is 6.72. The van der Waals surface area contributed by atoms with Gasteiger partial charge < -0.3 is 10.6 Å². The average Bonchev–Trinajstić information content (AvgIpc) is 2.61. The summed E-state index contributed by atoms with van der Waals surface area (Å²) in [5.74, 6) is 2.32. The van der Waals surface area contributed by atoms with Crippen LogP contribution in [0.4, 0.5) is 11.6 Å². The van der Waals surface area contributed by atoms with Gasteiger partial charge in [0.05, 0.1) is 0 Å². The first kappa shape index (κ1) is 15.9. The highest BCUT2D eigenvalue weighted by atomic mass is 15.1. The Balaban J connectivity index is 1.87. The molecule has 2 N–H and O–H groups in total. The van der Waals surface area contributed by atoms with Crippen molar-refractivity contribution >= 4 is 11.6 Å². The van der Waals surface area contributed by atoms with Crippen LogP contribution in [-0.4, -0.2) is 21.0 Å². The average molecular weight is 319 g/mol. The summed E-state index contributed by atoms with van der Waals surface area (Å²) in [7, 11) is 0. The zero-order valence-electron chi connectivity index (χ0n) is 13.9. The van der Waals surface area contributed by atoms with E-state index in [1.807, 2.05) is 48.5 Å². The monoisotopic (exact) mass is 319 g/mol. The van der Waals surface area contributed by atoms with E-state index in [9.17, 15) is 0 Å². The minimum absolute atomic E-state index is 0.302. The third kappa shape index (κ3) is 4.29. The first-order chi connectivity index (χ1) is 11.7. The Morgan fingerprint density at radius 3 is 2.33 bits per heavy atom. The van der Waals surface area contributed by atoms with Crippen molar-refractivity contribution in [3.05, 3.63) is 66.5 Å². The third-order valence-electron chi connectivity index (χ3n) is 3.42. The number of nitrogens with zero attached hydrogens (tertiary/aromatic N) is 3. The maximum absolute atomic E-state index is 4.65. The molecule has 0 aliphatic carbocycles. The smallest absolute Gasteiger partial charge is 0.163 e. The molecule has 0 amide bonds. The summed E-state index contributed by atoms with van der Waals surface area (Å²) in [6.45, 7) is 4.87. The molecule has 2 aromatic heterocycles. The van der Waals surface area contributed by atoms with E-state index in [0.29, 0.717) is 18.4 Å². The summed E-state index contributed by atoms with van der Waals surface area (Å²) in [6, 6.07) is 16.2. The fraction of sp³-hybridized carbons (Fsp3) is 0.211. The lowest BCUT2D eigenvalue weighted by Crippen LogP contribution is -2.13. The number of benzene rings is 1. The molecule has 122 valence electrons. The zero-order chi connectivity index (χ0) is 16.8. The maximum atomic E-state index is 4.65. The van der Waals surface area contributed by atoms with Gasteiger partial charge in [0.25, 0.3) is 0 Å². The van der Waals surface area contributed by atoms with Gasteiger partial charge in [-0.1, -0.05) is 30.3 Å². The van der Waals surface area contributed by atoms with Crippen LogP contribution in [0.25, 0.3) is 11.4 Å². The van der Waals surface area contributed by atoms with Crippen molar-refractivity contribution in [1.29, 1.82) is 0 Å². The summed E-state index contributed by atoms with van der Waals surface area (Å²) in [5.41, 5.74) is 2.15. The number of hydrogen-bond donors (Lipinski definition) is 2. The first-order valence-corrected chi connectivity index (χ1v) is 8.04. The number of pyridine rings is 1. The molecule has 0 saturated carbocycles. The van der Waals surface area contributed by atoms with Gasteiger partial charge in [0.15, 0.2) is 5.82 Å². The Kier molecular flexibility index (Phi) is 5.01. The van der Waals surface area contributed by atoms with Gasteiger partial charge in [-0.25, -0.2) is 9.97 Å². The largest absolute Gasteiger partial charge is 0.368 e. The molecule has 0 aliphatic heterocycles. The van der Waals surface area contributed by atoms with Crippen LogP contribution in [0.15, 0.2) is 60.9 Å². The van der Waals surface area contributed by atoms with Crippen LogP contribution >= 0.6 is 0 Å². The van der Waals surface area contributed by atoms with Crippen molar-refractivity contribution in [3.63, 3.8) is 0 Å². The van der Waals surface area contributed by atoms with Crippen LogP contribution in [0.1, 0.15) is 19.4 Å². The van der Waals surface area contributed by atoms with E-state index in [2.05, 4.69) is 39.4 Å². The molecule has 3 aromatic rings. The van der Waals surface area contributed by atoms with E-state index in [-0.39, 0.29) is 0 Å². The number of rotatable bonds is 6. The number of aromatic nitrogens is 3. The van der Waals surface area contributed by atoms with E-state index in [0.717, 1.165) is 22.8 Å². The molecule has 0 unspecified atom stereocenters. The fourth-order valence-corrected chi connectivity index (χ4v) is 2.32. The molecule has 0 saturated heterocycles. The van der Waals surface area contributed by atoms with Crippen molar-refractivity contribution in [2.45, 2.75) is 26.4 Å². The van der Waals surface area contributed by atoms with Crippen LogP contribution < -0.4 is 10.6 Å². The van der Waals surface area contributed by atoms with Gasteiger partial charge in [-0.3, -0.25) is 4.98 Å². The molecule has 0 bridgehead atoms. The third-order valence-corrected chi connectivity index (χ3v) is 3.42. The summed E-state index contributed by atoms with van der Waals surface area (Å²) in [4.78, 5) is 13.3.